The average molecular weight is 182 g/mol. The van der Waals surface area contributed by atoms with Gasteiger partial charge in [0, 0.05) is 0 Å². The fourth-order valence-corrected chi connectivity index (χ4v) is 2.79. The molecule has 0 N–H and O–H groups in total. The van der Waals surface area contributed by atoms with Crippen molar-refractivity contribution < 1.29 is 4.39 Å². The summed E-state index contributed by atoms with van der Waals surface area (Å²) in [6.45, 7) is 0. The Morgan fingerprint density at radius 2 is 1.85 bits per heavy atom. The maximum absolute atomic E-state index is 13.6. The number of halogens is 1. The monoisotopic (exact) mass is 182 g/mol. The summed E-state index contributed by atoms with van der Waals surface area (Å²) in [6, 6.07) is 0. The van der Waals surface area contributed by atoms with Crippen molar-refractivity contribution >= 4 is 0 Å². The van der Waals surface area contributed by atoms with Crippen LogP contribution in [0.2, 0.25) is 0 Å². The van der Waals surface area contributed by atoms with Crippen LogP contribution in [0.15, 0.2) is 12.2 Å². The second-order valence-corrected chi connectivity index (χ2v) is 4.49. The topological polar surface area (TPSA) is 0 Å². The molecule has 0 aromatic rings. The number of rotatable bonds is 1. The molecule has 0 bridgehead atoms. The molecule has 13 heavy (non-hydrogen) atoms. The summed E-state index contributed by atoms with van der Waals surface area (Å²) >= 11 is 0. The highest BCUT2D eigenvalue weighted by atomic mass is 19.1. The number of hydrogen-bond acceptors (Lipinski definition) is 0. The van der Waals surface area contributed by atoms with Gasteiger partial charge in [-0.15, -0.1) is 0 Å². The van der Waals surface area contributed by atoms with Crippen LogP contribution in [0.3, 0.4) is 0 Å². The van der Waals surface area contributed by atoms with E-state index >= 15 is 0 Å². The molecule has 0 aliphatic heterocycles. The van der Waals surface area contributed by atoms with E-state index in [0.717, 1.165) is 19.3 Å². The van der Waals surface area contributed by atoms with E-state index in [9.17, 15) is 4.39 Å². The lowest BCUT2D eigenvalue weighted by Gasteiger charge is -2.32. The van der Waals surface area contributed by atoms with Gasteiger partial charge in [0.15, 0.2) is 0 Å². The van der Waals surface area contributed by atoms with Crippen LogP contribution in [0.4, 0.5) is 4.39 Å². The molecule has 74 valence electrons. The number of allylic oxidation sites excluding steroid dienone is 2. The first kappa shape index (κ1) is 9.23. The predicted octanol–water partition coefficient (Wildman–Crippen LogP) is 3.87. The second kappa shape index (κ2) is 4.26. The van der Waals surface area contributed by atoms with E-state index in [1.807, 2.05) is 0 Å². The van der Waals surface area contributed by atoms with Gasteiger partial charge in [-0.2, -0.15) is 0 Å². The Labute approximate surface area is 80.2 Å². The van der Waals surface area contributed by atoms with Gasteiger partial charge in [-0.05, 0) is 43.9 Å². The zero-order valence-electron chi connectivity index (χ0n) is 8.21. The Morgan fingerprint density at radius 3 is 2.54 bits per heavy atom. The van der Waals surface area contributed by atoms with Gasteiger partial charge in [-0.1, -0.05) is 25.0 Å². The summed E-state index contributed by atoms with van der Waals surface area (Å²) in [5.74, 6) is 0.911. The summed E-state index contributed by atoms with van der Waals surface area (Å²) in [6.07, 6.45) is 12.0. The van der Waals surface area contributed by atoms with Crippen molar-refractivity contribution in [2.45, 2.75) is 51.1 Å². The molecule has 0 aromatic carbocycles. The molecule has 1 heteroatoms. The van der Waals surface area contributed by atoms with Crippen LogP contribution in [0.5, 0.6) is 0 Å². The first-order valence-corrected chi connectivity index (χ1v) is 5.68. The largest absolute Gasteiger partial charge is 0.247 e. The second-order valence-electron chi connectivity index (χ2n) is 4.49. The molecule has 3 atom stereocenters. The summed E-state index contributed by atoms with van der Waals surface area (Å²) in [7, 11) is 0. The summed E-state index contributed by atoms with van der Waals surface area (Å²) in [5.41, 5.74) is 0. The van der Waals surface area contributed by atoms with E-state index in [4.69, 9.17) is 0 Å². The highest BCUT2D eigenvalue weighted by Gasteiger charge is 2.30. The Bertz CT molecular complexity index is 186. The summed E-state index contributed by atoms with van der Waals surface area (Å²) in [4.78, 5) is 0. The molecular formula is C12H19F. The molecule has 2 aliphatic rings. The van der Waals surface area contributed by atoms with E-state index < -0.39 is 6.17 Å². The third kappa shape index (κ3) is 2.12. The average Bonchev–Trinajstić information content (AvgIpc) is 2.20. The Morgan fingerprint density at radius 1 is 1.00 bits per heavy atom. The minimum Gasteiger partial charge on any atom is -0.247 e. The third-order valence-corrected chi connectivity index (χ3v) is 3.57. The fourth-order valence-electron chi connectivity index (χ4n) is 2.79. The lowest BCUT2D eigenvalue weighted by atomic mass is 9.75. The normalized spacial score (nSPS) is 40.5. The fraction of sp³-hybridized carbons (Fsp3) is 0.833. The van der Waals surface area contributed by atoms with E-state index in [2.05, 4.69) is 12.2 Å². The molecule has 0 nitrogen and oxygen atoms in total. The van der Waals surface area contributed by atoms with E-state index in [0.29, 0.717) is 11.8 Å². The standard InChI is InChI=1S/C12H19F/c13-12-9-5-4-8-11(12)10-6-2-1-3-7-10/h2,6,10-12H,1,3-5,7-9H2. The zero-order valence-corrected chi connectivity index (χ0v) is 8.21. The number of alkyl halides is 1. The Hall–Kier alpha value is -0.330. The van der Waals surface area contributed by atoms with Crippen LogP contribution in [-0.2, 0) is 0 Å². The number of hydrogen-bond donors (Lipinski definition) is 0. The molecule has 3 unspecified atom stereocenters. The van der Waals surface area contributed by atoms with Crippen molar-refractivity contribution in [2.75, 3.05) is 0 Å². The third-order valence-electron chi connectivity index (χ3n) is 3.57. The molecule has 2 rings (SSSR count). The van der Waals surface area contributed by atoms with Crippen LogP contribution in [0.25, 0.3) is 0 Å². The maximum atomic E-state index is 13.6. The molecule has 0 saturated heterocycles. The van der Waals surface area contributed by atoms with Gasteiger partial charge in [0.2, 0.25) is 0 Å². The van der Waals surface area contributed by atoms with Crippen LogP contribution >= 0.6 is 0 Å². The smallest absolute Gasteiger partial charge is 0.103 e. The molecule has 0 aromatic heterocycles. The van der Waals surface area contributed by atoms with Gasteiger partial charge >= 0.3 is 0 Å². The minimum atomic E-state index is -0.513. The van der Waals surface area contributed by atoms with Crippen molar-refractivity contribution in [1.29, 1.82) is 0 Å². The van der Waals surface area contributed by atoms with Crippen LogP contribution < -0.4 is 0 Å². The van der Waals surface area contributed by atoms with Crippen molar-refractivity contribution in [2.24, 2.45) is 11.8 Å². The van der Waals surface area contributed by atoms with Gasteiger partial charge in [0.1, 0.15) is 6.17 Å². The van der Waals surface area contributed by atoms with Crippen molar-refractivity contribution in [1.82, 2.24) is 0 Å². The molecular weight excluding hydrogens is 163 g/mol. The van der Waals surface area contributed by atoms with E-state index in [-0.39, 0.29) is 0 Å². The highest BCUT2D eigenvalue weighted by Crippen LogP contribution is 2.36. The molecule has 0 heterocycles. The maximum Gasteiger partial charge on any atom is 0.103 e. The van der Waals surface area contributed by atoms with E-state index in [1.54, 1.807) is 0 Å². The van der Waals surface area contributed by atoms with Crippen LogP contribution in [0, 0.1) is 11.8 Å². The van der Waals surface area contributed by atoms with E-state index in [1.165, 1.54) is 25.7 Å². The molecule has 2 aliphatic carbocycles. The van der Waals surface area contributed by atoms with Crippen molar-refractivity contribution in [3.8, 4) is 0 Å². The first-order chi connectivity index (χ1) is 6.38. The molecule has 0 radical (unpaired) electrons. The zero-order chi connectivity index (χ0) is 9.10. The van der Waals surface area contributed by atoms with Crippen LogP contribution in [0.1, 0.15) is 44.9 Å². The predicted molar refractivity (Wildman–Crippen MR) is 53.3 cm³/mol. The SMILES string of the molecule is FC1CCCCC1C1C=CCCC1. The summed E-state index contributed by atoms with van der Waals surface area (Å²) in [5, 5.41) is 0. The van der Waals surface area contributed by atoms with Crippen molar-refractivity contribution in [3.05, 3.63) is 12.2 Å². The van der Waals surface area contributed by atoms with Gasteiger partial charge in [-0.3, -0.25) is 0 Å². The van der Waals surface area contributed by atoms with Crippen molar-refractivity contribution in [3.63, 3.8) is 0 Å². The minimum absolute atomic E-state index is 0.352. The molecule has 0 amide bonds. The first-order valence-electron chi connectivity index (χ1n) is 5.68. The quantitative estimate of drug-likeness (QED) is 0.540. The van der Waals surface area contributed by atoms with Gasteiger partial charge < -0.3 is 0 Å². The Balaban J connectivity index is 1.96. The lowest BCUT2D eigenvalue weighted by Crippen LogP contribution is -2.27. The van der Waals surface area contributed by atoms with Gasteiger partial charge in [0.25, 0.3) is 0 Å². The van der Waals surface area contributed by atoms with Crippen LogP contribution in [-0.4, -0.2) is 6.17 Å². The molecule has 1 saturated carbocycles. The molecule has 1 fully saturated rings. The highest BCUT2D eigenvalue weighted by molar-refractivity contribution is 4.98. The van der Waals surface area contributed by atoms with Gasteiger partial charge in [-0.25, -0.2) is 4.39 Å². The van der Waals surface area contributed by atoms with Gasteiger partial charge in [0.05, 0.1) is 0 Å². The molecule has 0 spiro atoms. The lowest BCUT2D eigenvalue weighted by molar-refractivity contribution is 0.124. The Kier molecular flexibility index (Phi) is 3.02. The summed E-state index contributed by atoms with van der Waals surface area (Å²) < 4.78 is 13.6.